The Balaban J connectivity index is 1.58. The summed E-state index contributed by atoms with van der Waals surface area (Å²) >= 11 is 0. The average Bonchev–Trinajstić information content (AvgIpc) is 2.67. The van der Waals surface area contributed by atoms with Crippen LogP contribution >= 0.6 is 0 Å². The highest BCUT2D eigenvalue weighted by atomic mass is 19.1. The smallest absolute Gasteiger partial charge is 0.191 e. The molecule has 2 N–H and O–H groups in total. The van der Waals surface area contributed by atoms with Crippen LogP contribution in [-0.2, 0) is 6.54 Å². The number of nitrogens with two attached hydrogens (primary N) is 1. The first kappa shape index (κ1) is 17.7. The maximum Gasteiger partial charge on any atom is 0.191 e. The van der Waals surface area contributed by atoms with Gasteiger partial charge in [0.15, 0.2) is 5.96 Å². The van der Waals surface area contributed by atoms with Gasteiger partial charge in [0.25, 0.3) is 0 Å². The zero-order valence-corrected chi connectivity index (χ0v) is 14.2. The summed E-state index contributed by atoms with van der Waals surface area (Å²) in [6.07, 6.45) is 0. The van der Waals surface area contributed by atoms with E-state index in [0.29, 0.717) is 24.6 Å². The van der Waals surface area contributed by atoms with Gasteiger partial charge in [0.05, 0.1) is 18.2 Å². The van der Waals surface area contributed by atoms with Crippen molar-refractivity contribution in [3.05, 3.63) is 65.2 Å². The zero-order chi connectivity index (χ0) is 18.5. The number of nitriles is 1. The number of guanidine groups is 1. The first-order chi connectivity index (χ1) is 12.6. The van der Waals surface area contributed by atoms with Crippen molar-refractivity contribution in [3.8, 4) is 6.07 Å². The van der Waals surface area contributed by atoms with Crippen molar-refractivity contribution in [3.63, 3.8) is 0 Å². The van der Waals surface area contributed by atoms with Crippen molar-refractivity contribution in [1.82, 2.24) is 4.90 Å². The Morgan fingerprint density at radius 2 is 1.77 bits per heavy atom. The molecule has 5 nitrogen and oxygen atoms in total. The van der Waals surface area contributed by atoms with Gasteiger partial charge in [-0.15, -0.1) is 0 Å². The van der Waals surface area contributed by atoms with Gasteiger partial charge in [-0.05, 0) is 36.4 Å². The second-order valence-electron chi connectivity index (χ2n) is 6.04. The standard InChI is InChI=1S/C19H19F2N5/c20-16-3-5-17(6-4-16)25-7-9-26(10-8-25)19(23)24-13-15-2-1-14(12-22)11-18(15)21/h1-6,11H,7-10,13H2,(H2,23,24). The van der Waals surface area contributed by atoms with Crippen molar-refractivity contribution in [2.24, 2.45) is 10.7 Å². The molecule has 7 heteroatoms. The van der Waals surface area contributed by atoms with Crippen LogP contribution in [0.5, 0.6) is 0 Å². The summed E-state index contributed by atoms with van der Waals surface area (Å²) in [5, 5.41) is 8.77. The normalized spacial score (nSPS) is 15.0. The number of nitrogens with zero attached hydrogens (tertiary/aromatic N) is 4. The van der Waals surface area contributed by atoms with Crippen LogP contribution in [0.25, 0.3) is 0 Å². The second-order valence-corrected chi connectivity index (χ2v) is 6.04. The molecular weight excluding hydrogens is 336 g/mol. The SMILES string of the molecule is N#Cc1ccc(CN=C(N)N2CCN(c3ccc(F)cc3)CC2)c(F)c1. The van der Waals surface area contributed by atoms with Gasteiger partial charge in [-0.2, -0.15) is 5.26 Å². The molecule has 0 amide bonds. The van der Waals surface area contributed by atoms with E-state index in [1.54, 1.807) is 24.3 Å². The minimum atomic E-state index is -0.457. The molecule has 0 saturated carbocycles. The van der Waals surface area contributed by atoms with Crippen LogP contribution in [0.4, 0.5) is 14.5 Å². The van der Waals surface area contributed by atoms with E-state index < -0.39 is 5.82 Å². The molecule has 0 aliphatic carbocycles. The van der Waals surface area contributed by atoms with Gasteiger partial charge in [-0.3, -0.25) is 0 Å². The minimum absolute atomic E-state index is 0.127. The quantitative estimate of drug-likeness (QED) is 0.678. The van der Waals surface area contributed by atoms with Gasteiger partial charge in [0.1, 0.15) is 11.6 Å². The number of halogens is 2. The van der Waals surface area contributed by atoms with Crippen LogP contribution in [0, 0.1) is 23.0 Å². The molecule has 26 heavy (non-hydrogen) atoms. The summed E-state index contributed by atoms with van der Waals surface area (Å²) in [6.45, 7) is 2.98. The van der Waals surface area contributed by atoms with Crippen molar-refractivity contribution < 1.29 is 8.78 Å². The molecule has 1 aliphatic rings. The predicted octanol–water partition coefficient (Wildman–Crippen LogP) is 2.47. The van der Waals surface area contributed by atoms with E-state index >= 15 is 0 Å². The summed E-state index contributed by atoms with van der Waals surface area (Å²) in [4.78, 5) is 8.38. The summed E-state index contributed by atoms with van der Waals surface area (Å²) in [5.41, 5.74) is 7.69. The van der Waals surface area contributed by atoms with Crippen LogP contribution in [0.2, 0.25) is 0 Å². The van der Waals surface area contributed by atoms with E-state index in [1.165, 1.54) is 18.2 Å². The monoisotopic (exact) mass is 355 g/mol. The predicted molar refractivity (Wildman–Crippen MR) is 96.6 cm³/mol. The highest BCUT2D eigenvalue weighted by molar-refractivity contribution is 5.78. The summed E-state index contributed by atoms with van der Waals surface area (Å²) in [6, 6.07) is 12.6. The fraction of sp³-hybridized carbons (Fsp3) is 0.263. The number of rotatable bonds is 3. The Labute approximate surface area is 151 Å². The summed E-state index contributed by atoms with van der Waals surface area (Å²) in [5.74, 6) is -0.340. The molecule has 0 aromatic heterocycles. The van der Waals surface area contributed by atoms with Crippen LogP contribution < -0.4 is 10.6 Å². The van der Waals surface area contributed by atoms with Crippen LogP contribution in [0.15, 0.2) is 47.5 Å². The third-order valence-corrected chi connectivity index (χ3v) is 4.39. The van der Waals surface area contributed by atoms with Gasteiger partial charge in [-0.25, -0.2) is 13.8 Å². The Kier molecular flexibility index (Phi) is 5.32. The maximum atomic E-state index is 13.9. The summed E-state index contributed by atoms with van der Waals surface area (Å²) in [7, 11) is 0. The lowest BCUT2D eigenvalue weighted by Crippen LogP contribution is -2.51. The number of anilines is 1. The molecule has 1 fully saturated rings. The second kappa shape index (κ2) is 7.83. The highest BCUT2D eigenvalue weighted by Crippen LogP contribution is 2.17. The van der Waals surface area contributed by atoms with Crippen molar-refractivity contribution >= 4 is 11.6 Å². The molecule has 0 radical (unpaired) electrons. The van der Waals surface area contributed by atoms with Crippen molar-refractivity contribution in [2.45, 2.75) is 6.54 Å². The van der Waals surface area contributed by atoms with E-state index in [1.807, 2.05) is 11.0 Å². The minimum Gasteiger partial charge on any atom is -0.370 e. The number of benzene rings is 2. The van der Waals surface area contributed by atoms with E-state index in [9.17, 15) is 8.78 Å². The Bertz CT molecular complexity index is 834. The molecule has 2 aromatic rings. The molecule has 1 saturated heterocycles. The lowest BCUT2D eigenvalue weighted by atomic mass is 10.1. The third-order valence-electron chi connectivity index (χ3n) is 4.39. The molecule has 1 aliphatic heterocycles. The fourth-order valence-corrected chi connectivity index (χ4v) is 2.86. The molecular formula is C19H19F2N5. The lowest BCUT2D eigenvalue weighted by Gasteiger charge is -2.36. The Morgan fingerprint density at radius 1 is 1.08 bits per heavy atom. The lowest BCUT2D eigenvalue weighted by molar-refractivity contribution is 0.380. The maximum absolute atomic E-state index is 13.9. The van der Waals surface area contributed by atoms with E-state index in [2.05, 4.69) is 9.89 Å². The first-order valence-corrected chi connectivity index (χ1v) is 8.31. The molecule has 3 rings (SSSR count). The largest absolute Gasteiger partial charge is 0.370 e. The van der Waals surface area contributed by atoms with Gasteiger partial charge in [0.2, 0.25) is 0 Å². The number of piperazine rings is 1. The average molecular weight is 355 g/mol. The third kappa shape index (κ3) is 4.09. The Hall–Kier alpha value is -3.14. The zero-order valence-electron chi connectivity index (χ0n) is 14.2. The van der Waals surface area contributed by atoms with Gasteiger partial charge < -0.3 is 15.5 Å². The molecule has 0 bridgehead atoms. The first-order valence-electron chi connectivity index (χ1n) is 8.31. The highest BCUT2D eigenvalue weighted by Gasteiger charge is 2.18. The number of hydrogen-bond donors (Lipinski definition) is 1. The Morgan fingerprint density at radius 3 is 2.38 bits per heavy atom. The molecule has 134 valence electrons. The van der Waals surface area contributed by atoms with E-state index in [0.717, 1.165) is 18.8 Å². The van der Waals surface area contributed by atoms with Gasteiger partial charge >= 0.3 is 0 Å². The van der Waals surface area contributed by atoms with Crippen molar-refractivity contribution in [1.29, 1.82) is 5.26 Å². The number of hydrogen-bond acceptors (Lipinski definition) is 3. The van der Waals surface area contributed by atoms with Gasteiger partial charge in [0, 0.05) is 37.4 Å². The number of aliphatic imine (C=N–C) groups is 1. The molecule has 1 heterocycles. The molecule has 0 spiro atoms. The van der Waals surface area contributed by atoms with Crippen LogP contribution in [-0.4, -0.2) is 37.0 Å². The molecule has 0 unspecified atom stereocenters. The molecule has 0 atom stereocenters. The summed E-state index contributed by atoms with van der Waals surface area (Å²) < 4.78 is 26.9. The van der Waals surface area contributed by atoms with Gasteiger partial charge in [-0.1, -0.05) is 6.07 Å². The van der Waals surface area contributed by atoms with E-state index in [4.69, 9.17) is 11.0 Å². The topological polar surface area (TPSA) is 68.6 Å². The van der Waals surface area contributed by atoms with Crippen LogP contribution in [0.3, 0.4) is 0 Å². The van der Waals surface area contributed by atoms with E-state index in [-0.39, 0.29) is 17.9 Å². The van der Waals surface area contributed by atoms with Crippen molar-refractivity contribution in [2.75, 3.05) is 31.1 Å². The fourth-order valence-electron chi connectivity index (χ4n) is 2.86. The molecule has 2 aromatic carbocycles. The van der Waals surface area contributed by atoms with Crippen LogP contribution in [0.1, 0.15) is 11.1 Å².